The Balaban J connectivity index is 2.35. The third-order valence-corrected chi connectivity index (χ3v) is 3.65. The van der Waals surface area contributed by atoms with Gasteiger partial charge in [-0.25, -0.2) is 13.9 Å². The third kappa shape index (κ3) is 4.53. The summed E-state index contributed by atoms with van der Waals surface area (Å²) in [5.74, 6) is -1.97. The van der Waals surface area contributed by atoms with Crippen LogP contribution in [0.15, 0.2) is 18.2 Å². The molecule has 1 heterocycles. The minimum Gasteiger partial charge on any atom is -0.463 e. The molecule has 0 fully saturated rings. The van der Waals surface area contributed by atoms with Gasteiger partial charge in [-0.15, -0.1) is 0 Å². The maximum atomic E-state index is 14.2. The Morgan fingerprint density at radius 3 is 2.65 bits per heavy atom. The zero-order valence-corrected chi connectivity index (χ0v) is 15.0. The molecule has 0 saturated carbocycles. The summed E-state index contributed by atoms with van der Waals surface area (Å²) in [4.78, 5) is 11.5. The third-order valence-electron chi connectivity index (χ3n) is 3.04. The molecule has 2 rings (SSSR count). The number of carbonyl (C=O) groups excluding carboxylic acids is 1. The van der Waals surface area contributed by atoms with E-state index in [2.05, 4.69) is 9.84 Å². The Labute approximate surface area is 156 Å². The van der Waals surface area contributed by atoms with Crippen LogP contribution in [-0.4, -0.2) is 34.5 Å². The van der Waals surface area contributed by atoms with Crippen LogP contribution in [0.2, 0.25) is 5.02 Å². The van der Waals surface area contributed by atoms with Crippen molar-refractivity contribution in [3.8, 4) is 22.9 Å². The maximum absolute atomic E-state index is 14.2. The molecule has 0 radical (unpaired) electrons. The highest BCUT2D eigenvalue weighted by atomic mass is 35.5. The molecule has 1 aromatic carbocycles. The molecule has 1 unspecified atom stereocenters. The predicted molar refractivity (Wildman–Crippen MR) is 87.1 cm³/mol. The van der Waals surface area contributed by atoms with Crippen LogP contribution in [0.5, 0.6) is 11.6 Å². The molecule has 6 nitrogen and oxygen atoms in total. The van der Waals surface area contributed by atoms with Crippen molar-refractivity contribution in [1.82, 2.24) is 9.78 Å². The number of rotatable bonds is 7. The fourth-order valence-corrected chi connectivity index (χ4v) is 2.47. The van der Waals surface area contributed by atoms with Gasteiger partial charge < -0.3 is 14.2 Å². The molecular formula is C15H13Cl2F3N2O4. The van der Waals surface area contributed by atoms with E-state index >= 15 is 0 Å². The fourth-order valence-electron chi connectivity index (χ4n) is 2.00. The maximum Gasteiger partial charge on any atom is 0.388 e. The smallest absolute Gasteiger partial charge is 0.388 e. The quantitative estimate of drug-likeness (QED) is 0.508. The number of esters is 1. The molecule has 26 heavy (non-hydrogen) atoms. The van der Waals surface area contributed by atoms with Gasteiger partial charge in [0.1, 0.15) is 22.3 Å². The number of aromatic nitrogens is 2. The monoisotopic (exact) mass is 412 g/mol. The molecule has 1 atom stereocenters. The van der Waals surface area contributed by atoms with Crippen molar-refractivity contribution in [2.24, 2.45) is 7.05 Å². The fraction of sp³-hybridized carbons (Fsp3) is 0.333. The van der Waals surface area contributed by atoms with E-state index in [1.54, 1.807) is 6.92 Å². The zero-order valence-electron chi connectivity index (χ0n) is 13.5. The standard InChI is InChI=1S/C15H13Cl2F3N2O4/c1-3-24-14(23)12(17)25-7-4-5-9(18)8(6-7)11-10(16)13(22(2)21-11)26-15(19)20/h4-6,12,15H,3H2,1-2H3. The highest BCUT2D eigenvalue weighted by Gasteiger charge is 2.24. The van der Waals surface area contributed by atoms with Gasteiger partial charge in [-0.1, -0.05) is 23.2 Å². The first-order chi connectivity index (χ1) is 12.2. The molecule has 0 amide bonds. The Morgan fingerprint density at radius 1 is 1.35 bits per heavy atom. The molecule has 0 aliphatic heterocycles. The Bertz CT molecular complexity index is 801. The molecule has 0 bridgehead atoms. The van der Waals surface area contributed by atoms with Gasteiger partial charge in [0.15, 0.2) is 0 Å². The summed E-state index contributed by atoms with van der Waals surface area (Å²) in [7, 11) is 1.31. The van der Waals surface area contributed by atoms with E-state index in [-0.39, 0.29) is 28.6 Å². The van der Waals surface area contributed by atoms with E-state index in [1.807, 2.05) is 0 Å². The lowest BCUT2D eigenvalue weighted by atomic mass is 10.1. The number of benzene rings is 1. The molecule has 1 aromatic heterocycles. The number of hydrogen-bond acceptors (Lipinski definition) is 5. The van der Waals surface area contributed by atoms with E-state index in [4.69, 9.17) is 32.7 Å². The second kappa shape index (κ2) is 8.50. The van der Waals surface area contributed by atoms with Crippen LogP contribution in [0, 0.1) is 5.82 Å². The van der Waals surface area contributed by atoms with Gasteiger partial charge in [-0.2, -0.15) is 13.9 Å². The van der Waals surface area contributed by atoms with Crippen molar-refractivity contribution in [1.29, 1.82) is 0 Å². The number of carbonyl (C=O) groups is 1. The van der Waals surface area contributed by atoms with Crippen LogP contribution in [-0.2, 0) is 16.6 Å². The van der Waals surface area contributed by atoms with Crippen LogP contribution in [0.3, 0.4) is 0 Å². The average Bonchev–Trinajstić information content (AvgIpc) is 2.84. The summed E-state index contributed by atoms with van der Waals surface area (Å²) in [6.07, 6.45) is 0. The van der Waals surface area contributed by atoms with Gasteiger partial charge in [-0.05, 0) is 25.1 Å². The van der Waals surface area contributed by atoms with E-state index in [9.17, 15) is 18.0 Å². The number of aryl methyl sites for hydroxylation is 1. The second-order valence-corrected chi connectivity index (χ2v) is 5.57. The van der Waals surface area contributed by atoms with Gasteiger partial charge in [0, 0.05) is 12.6 Å². The Morgan fingerprint density at radius 2 is 2.04 bits per heavy atom. The first kappa shape index (κ1) is 20.2. The highest BCUT2D eigenvalue weighted by molar-refractivity contribution is 6.34. The lowest BCUT2D eigenvalue weighted by Gasteiger charge is -2.12. The summed E-state index contributed by atoms with van der Waals surface area (Å²) < 4.78 is 54.2. The van der Waals surface area contributed by atoms with E-state index in [1.165, 1.54) is 19.2 Å². The zero-order chi connectivity index (χ0) is 19.4. The summed E-state index contributed by atoms with van der Waals surface area (Å²) in [5, 5.41) is 3.58. The van der Waals surface area contributed by atoms with E-state index in [0.717, 1.165) is 10.7 Å². The van der Waals surface area contributed by atoms with Crippen LogP contribution in [0.25, 0.3) is 11.3 Å². The first-order valence-electron chi connectivity index (χ1n) is 7.19. The number of alkyl halides is 3. The lowest BCUT2D eigenvalue weighted by molar-refractivity contribution is -0.147. The van der Waals surface area contributed by atoms with Crippen LogP contribution in [0.1, 0.15) is 6.92 Å². The SMILES string of the molecule is CCOC(=O)C(Cl)Oc1ccc(F)c(-c2nn(C)c(OC(F)F)c2Cl)c1. The number of halogens is 5. The predicted octanol–water partition coefficient (Wildman–Crippen LogP) is 3.99. The summed E-state index contributed by atoms with van der Waals surface area (Å²) >= 11 is 11.7. The van der Waals surface area contributed by atoms with Gasteiger partial charge in [0.2, 0.25) is 5.88 Å². The molecule has 11 heteroatoms. The molecule has 0 aliphatic carbocycles. The van der Waals surface area contributed by atoms with Gasteiger partial charge in [0.25, 0.3) is 5.56 Å². The Hall–Kier alpha value is -2.13. The Kier molecular flexibility index (Phi) is 6.60. The van der Waals surface area contributed by atoms with Gasteiger partial charge in [0.05, 0.1) is 6.61 Å². The van der Waals surface area contributed by atoms with Gasteiger partial charge >= 0.3 is 12.6 Å². The van der Waals surface area contributed by atoms with Crippen LogP contribution < -0.4 is 9.47 Å². The molecule has 0 spiro atoms. The van der Waals surface area contributed by atoms with Crippen LogP contribution in [0.4, 0.5) is 13.2 Å². The van der Waals surface area contributed by atoms with Crippen molar-refractivity contribution in [2.75, 3.05) is 6.61 Å². The molecule has 142 valence electrons. The molecule has 2 aromatic rings. The number of ether oxygens (including phenoxy) is 3. The van der Waals surface area contributed by atoms with Crippen LogP contribution >= 0.6 is 23.2 Å². The normalized spacial score (nSPS) is 12.2. The minimum atomic E-state index is -3.13. The highest BCUT2D eigenvalue weighted by Crippen LogP contribution is 2.37. The summed E-state index contributed by atoms with van der Waals surface area (Å²) in [6, 6.07) is 3.42. The van der Waals surface area contributed by atoms with Crippen molar-refractivity contribution < 1.29 is 32.2 Å². The average molecular weight is 413 g/mol. The molecule has 0 N–H and O–H groups in total. The number of nitrogens with zero attached hydrogens (tertiary/aromatic N) is 2. The summed E-state index contributed by atoms with van der Waals surface area (Å²) in [5.41, 5.74) is -1.75. The lowest BCUT2D eigenvalue weighted by Crippen LogP contribution is -2.23. The number of hydrogen-bond donors (Lipinski definition) is 0. The second-order valence-electron chi connectivity index (χ2n) is 4.80. The first-order valence-corrected chi connectivity index (χ1v) is 8.00. The van der Waals surface area contributed by atoms with Gasteiger partial charge in [-0.3, -0.25) is 0 Å². The van der Waals surface area contributed by atoms with Crippen molar-refractivity contribution in [2.45, 2.75) is 19.1 Å². The van der Waals surface area contributed by atoms with E-state index < -0.39 is 29.8 Å². The van der Waals surface area contributed by atoms with Crippen molar-refractivity contribution in [3.05, 3.63) is 29.0 Å². The minimum absolute atomic E-state index is 0.0208. The largest absolute Gasteiger partial charge is 0.463 e. The molecule has 0 aliphatic rings. The van der Waals surface area contributed by atoms with Crippen molar-refractivity contribution >= 4 is 29.2 Å². The topological polar surface area (TPSA) is 62.6 Å². The van der Waals surface area contributed by atoms with Crippen molar-refractivity contribution in [3.63, 3.8) is 0 Å². The summed E-state index contributed by atoms with van der Waals surface area (Å²) in [6.45, 7) is -1.42. The molecule has 0 saturated heterocycles. The van der Waals surface area contributed by atoms with E-state index in [0.29, 0.717) is 0 Å². The molecular weight excluding hydrogens is 400 g/mol.